The molecule has 3 unspecified atom stereocenters. The second-order valence-electron chi connectivity index (χ2n) is 20.8. The highest BCUT2D eigenvalue weighted by molar-refractivity contribution is 6.06. The van der Waals surface area contributed by atoms with Gasteiger partial charge in [-0.2, -0.15) is 0 Å². The number of fused-ring (bicyclic) bond motifs is 4. The number of ether oxygens (including phenoxy) is 9. The number of methoxy groups -OCH3 is 2. The van der Waals surface area contributed by atoms with Gasteiger partial charge in [-0.3, -0.25) is 19.4 Å². The van der Waals surface area contributed by atoms with E-state index in [1.165, 1.54) is 49.5 Å². The standard InChI is InChI=1S/C57H72N6O20/c1-31(2)60-81-19-18-77-17-16-76-15-12-58-51(67)38-22-34(10-11-42(38)82-56-49(66)47(64)48(65)50(83-56)55(71)72)30-80-57(73)63-40-26-46(44(75-6)24-37(40)53(69)62-29-33(4)21-41(62)54(63)70)79-14-9-7-8-13-78-45-25-39-36(23-43(45)74-5)52(68)61-28-32(3)20-35(61)27-59-39/h10-11,22-27,33,35,41,47-50,54,56,64-66,70H,3,7-9,12-21,28-30H2,1-2,4-6H3,(H,58,67)(H,71,72)/t33?,35?,41-,47-,48-,49+,50-,54?,56+/m0/s1. The number of oxime groups is 1. The lowest BCUT2D eigenvalue weighted by molar-refractivity contribution is -0.271. The second kappa shape index (κ2) is 28.1. The average Bonchev–Trinajstić information content (AvgIpc) is 3.34. The fourth-order valence-corrected chi connectivity index (χ4v) is 10.2. The van der Waals surface area contributed by atoms with E-state index in [4.69, 9.17) is 47.5 Å². The van der Waals surface area contributed by atoms with Crippen LogP contribution in [0.1, 0.15) is 89.5 Å². The number of nitrogens with one attached hydrogen (secondary N) is 1. The maximum atomic E-state index is 14.5. The Morgan fingerprint density at radius 3 is 2.17 bits per heavy atom. The Labute approximate surface area is 479 Å². The van der Waals surface area contributed by atoms with Gasteiger partial charge in [-0.05, 0) is 81.7 Å². The van der Waals surface area contributed by atoms with Crippen molar-refractivity contribution in [3.05, 3.63) is 76.9 Å². The van der Waals surface area contributed by atoms with Gasteiger partial charge in [0.05, 0.1) is 99.7 Å². The zero-order chi connectivity index (χ0) is 59.5. The molecular formula is C57H72N6O20. The molecule has 0 aromatic heterocycles. The molecule has 6 N–H and O–H groups in total. The largest absolute Gasteiger partial charge is 0.493 e. The highest BCUT2D eigenvalue weighted by Gasteiger charge is 2.49. The molecule has 83 heavy (non-hydrogen) atoms. The zero-order valence-corrected chi connectivity index (χ0v) is 46.9. The third-order valence-electron chi connectivity index (χ3n) is 14.3. The summed E-state index contributed by atoms with van der Waals surface area (Å²) in [6.07, 6.45) is -7.87. The number of nitrogens with zero attached hydrogens (tertiary/aromatic N) is 5. The number of anilines is 1. The summed E-state index contributed by atoms with van der Waals surface area (Å²) in [5.41, 5.74) is 2.69. The molecule has 5 aliphatic heterocycles. The van der Waals surface area contributed by atoms with Gasteiger partial charge in [-0.15, -0.1) is 0 Å². The van der Waals surface area contributed by atoms with Crippen molar-refractivity contribution in [1.82, 2.24) is 15.1 Å². The monoisotopic (exact) mass is 1160 g/mol. The van der Waals surface area contributed by atoms with Gasteiger partial charge < -0.3 is 88.1 Å². The van der Waals surface area contributed by atoms with E-state index in [2.05, 4.69) is 22.0 Å². The van der Waals surface area contributed by atoms with E-state index < -0.39 is 73.5 Å². The summed E-state index contributed by atoms with van der Waals surface area (Å²) in [5, 5.41) is 59.7. The molecular weight excluding hydrogens is 1090 g/mol. The number of hydrogen-bond acceptors (Lipinski definition) is 21. The molecule has 5 aliphatic rings. The Bertz CT molecular complexity index is 2920. The number of aliphatic imine (C=N–C) groups is 1. The van der Waals surface area contributed by atoms with E-state index >= 15 is 0 Å². The first-order valence-electron chi connectivity index (χ1n) is 27.3. The topological polar surface area (TPSA) is 325 Å². The number of unbranched alkanes of at least 4 members (excludes halogenated alkanes) is 2. The normalized spacial score (nSPS) is 23.5. The molecule has 0 saturated carbocycles. The number of benzene rings is 3. The summed E-state index contributed by atoms with van der Waals surface area (Å²) in [6.45, 7) is 11.3. The predicted octanol–water partition coefficient (Wildman–Crippen LogP) is 3.59. The fraction of sp³-hybridized carbons (Fsp3) is 0.526. The summed E-state index contributed by atoms with van der Waals surface area (Å²) < 4.78 is 51.6. The molecule has 0 radical (unpaired) electrons. The van der Waals surface area contributed by atoms with Crippen molar-refractivity contribution in [3.8, 4) is 28.7 Å². The van der Waals surface area contributed by atoms with Crippen LogP contribution in [-0.4, -0.2) is 206 Å². The van der Waals surface area contributed by atoms with Crippen LogP contribution in [0, 0.1) is 5.92 Å². The molecule has 450 valence electrons. The van der Waals surface area contributed by atoms with E-state index in [9.17, 15) is 49.5 Å². The van der Waals surface area contributed by atoms with Crippen LogP contribution in [0.15, 0.2) is 64.8 Å². The third kappa shape index (κ3) is 14.6. The van der Waals surface area contributed by atoms with Gasteiger partial charge in [0.2, 0.25) is 6.29 Å². The van der Waals surface area contributed by atoms with E-state index in [-0.39, 0.29) is 104 Å². The van der Waals surface area contributed by atoms with Crippen molar-refractivity contribution in [2.24, 2.45) is 16.1 Å². The van der Waals surface area contributed by atoms with Crippen LogP contribution in [0.4, 0.5) is 16.2 Å². The van der Waals surface area contributed by atoms with Crippen molar-refractivity contribution in [3.63, 3.8) is 0 Å². The lowest BCUT2D eigenvalue weighted by Gasteiger charge is -2.38. The number of amides is 4. The first-order chi connectivity index (χ1) is 39.9. The highest BCUT2D eigenvalue weighted by Crippen LogP contribution is 2.43. The van der Waals surface area contributed by atoms with E-state index in [0.717, 1.165) is 16.2 Å². The second-order valence-corrected chi connectivity index (χ2v) is 20.8. The molecule has 26 heteroatoms. The number of rotatable bonds is 26. The van der Waals surface area contributed by atoms with Gasteiger partial charge in [0.15, 0.2) is 35.3 Å². The van der Waals surface area contributed by atoms with E-state index in [1.807, 2.05) is 6.92 Å². The van der Waals surface area contributed by atoms with Crippen molar-refractivity contribution in [2.45, 2.75) is 108 Å². The van der Waals surface area contributed by atoms with E-state index in [0.29, 0.717) is 74.6 Å². The number of carboxylic acid groups (broad SMARTS) is 1. The van der Waals surface area contributed by atoms with Crippen LogP contribution < -0.4 is 33.9 Å². The number of carbonyl (C=O) groups is 5. The van der Waals surface area contributed by atoms with Crippen molar-refractivity contribution < 1.29 is 97.0 Å². The first-order valence-corrected chi connectivity index (χ1v) is 27.3. The van der Waals surface area contributed by atoms with Gasteiger partial charge in [-0.1, -0.05) is 30.3 Å². The lowest BCUT2D eigenvalue weighted by Crippen LogP contribution is -2.61. The minimum Gasteiger partial charge on any atom is -0.493 e. The smallest absolute Gasteiger partial charge is 0.416 e. The molecule has 0 aliphatic carbocycles. The number of carboxylic acids is 1. The average molecular weight is 1160 g/mol. The predicted molar refractivity (Wildman–Crippen MR) is 295 cm³/mol. The SMILES string of the molecule is C=C1CC2C=Nc3cc(OCCCCCOc4cc5c(cc4OC)C(=O)N4CC(C)C[C@H]4C(O)N5C(=O)OCc4ccc(O[C@@H]5O[C@H](C(=O)O)[C@@H](O)[C@H](O)[C@H]5O)c(C(=O)NCCOCCOCCON=C(C)C)c4)c(OC)cc3C(=O)N2C1. The van der Waals surface area contributed by atoms with Crippen molar-refractivity contribution >= 4 is 53.1 Å². The first kappa shape index (κ1) is 61.5. The van der Waals surface area contributed by atoms with Gasteiger partial charge in [0.25, 0.3) is 17.7 Å². The van der Waals surface area contributed by atoms with Crippen LogP contribution in [0.25, 0.3) is 0 Å². The van der Waals surface area contributed by atoms with E-state index in [1.54, 1.807) is 37.1 Å². The molecule has 26 nitrogen and oxygen atoms in total. The van der Waals surface area contributed by atoms with Gasteiger partial charge in [0, 0.05) is 38.0 Å². The minimum atomic E-state index is -2.01. The van der Waals surface area contributed by atoms with Crippen LogP contribution >= 0.6 is 0 Å². The molecule has 5 heterocycles. The fourth-order valence-electron chi connectivity index (χ4n) is 10.2. The maximum Gasteiger partial charge on any atom is 0.416 e. The summed E-state index contributed by atoms with van der Waals surface area (Å²) in [6, 6.07) is 9.27. The van der Waals surface area contributed by atoms with Crippen molar-refractivity contribution in [2.75, 3.05) is 85.0 Å². The van der Waals surface area contributed by atoms with Crippen LogP contribution in [-0.2, 0) is 35.2 Å². The third-order valence-corrected chi connectivity index (χ3v) is 14.3. The summed E-state index contributed by atoms with van der Waals surface area (Å²) >= 11 is 0. The van der Waals surface area contributed by atoms with Crippen LogP contribution in [0.3, 0.4) is 0 Å². The number of aliphatic hydroxyl groups excluding tert-OH is 4. The van der Waals surface area contributed by atoms with Crippen molar-refractivity contribution in [1.29, 1.82) is 0 Å². The molecule has 3 aromatic carbocycles. The Hall–Kier alpha value is -7.59. The van der Waals surface area contributed by atoms with Gasteiger partial charge in [-0.25, -0.2) is 14.5 Å². The molecule has 3 fully saturated rings. The molecule has 8 rings (SSSR count). The Kier molecular flexibility index (Phi) is 20.8. The zero-order valence-electron chi connectivity index (χ0n) is 46.9. The van der Waals surface area contributed by atoms with Gasteiger partial charge in [0.1, 0.15) is 37.3 Å². The van der Waals surface area contributed by atoms with Crippen LogP contribution in [0.2, 0.25) is 0 Å². The summed E-state index contributed by atoms with van der Waals surface area (Å²) in [5.74, 6) is -2.03. The number of aliphatic hydroxyl groups is 4. The number of hydrogen-bond donors (Lipinski definition) is 6. The quantitative estimate of drug-likeness (QED) is 0.0289. The van der Waals surface area contributed by atoms with Gasteiger partial charge >= 0.3 is 12.1 Å². The minimum absolute atomic E-state index is 0.00765. The molecule has 3 aromatic rings. The highest BCUT2D eigenvalue weighted by atomic mass is 16.7. The number of carbonyl (C=O) groups excluding carboxylic acids is 4. The van der Waals surface area contributed by atoms with Crippen LogP contribution in [0.5, 0.6) is 28.7 Å². The Balaban J connectivity index is 0.933. The molecule has 4 amide bonds. The Morgan fingerprint density at radius 1 is 0.795 bits per heavy atom. The maximum absolute atomic E-state index is 14.5. The Morgan fingerprint density at radius 2 is 1.47 bits per heavy atom. The molecule has 0 bridgehead atoms. The molecule has 3 saturated heterocycles. The lowest BCUT2D eigenvalue weighted by atomic mass is 9.99. The molecule has 0 spiro atoms. The summed E-state index contributed by atoms with van der Waals surface area (Å²) in [4.78, 5) is 81.9. The summed E-state index contributed by atoms with van der Waals surface area (Å²) in [7, 11) is 2.92. The number of aliphatic carboxylic acids is 1. The molecule has 9 atom stereocenters.